The maximum Gasteiger partial charge on any atom is 0.264 e. The predicted molar refractivity (Wildman–Crippen MR) is 164 cm³/mol. The summed E-state index contributed by atoms with van der Waals surface area (Å²) in [5, 5.41) is 4.58. The summed E-state index contributed by atoms with van der Waals surface area (Å²) < 4.78 is 13.6. The molecule has 3 aromatic carbocycles. The fourth-order valence-corrected chi connectivity index (χ4v) is 5.64. The summed E-state index contributed by atoms with van der Waals surface area (Å²) in [4.78, 5) is 17.9. The van der Waals surface area contributed by atoms with Gasteiger partial charge in [0.1, 0.15) is 18.1 Å². The number of aliphatic imine (C=N–C) groups is 1. The predicted octanol–water partition coefficient (Wildman–Crippen LogP) is 8.27. The van der Waals surface area contributed by atoms with Crippen LogP contribution in [0.15, 0.2) is 82.7 Å². The molecule has 0 spiro atoms. The minimum Gasteiger partial charge on any atom is -0.494 e. The Kier molecular flexibility index (Phi) is 8.54. The number of aryl methyl sites for hydroxylation is 1. The number of carbonyl (C=O) groups is 1. The van der Waals surface area contributed by atoms with Crippen LogP contribution in [0.25, 0.3) is 11.8 Å². The maximum absolute atomic E-state index is 12.7. The third-order valence-electron chi connectivity index (χ3n) is 6.29. The highest BCUT2D eigenvalue weighted by molar-refractivity contribution is 8.18. The number of thioether (sulfide) groups is 1. The molecular weight excluding hydrogens is 565 g/mol. The van der Waals surface area contributed by atoms with Crippen LogP contribution in [0, 0.1) is 13.8 Å². The number of rotatable bonds is 8. The van der Waals surface area contributed by atoms with Gasteiger partial charge < -0.3 is 19.4 Å². The average Bonchev–Trinajstić information content (AvgIpc) is 3.42. The monoisotopic (exact) mass is 591 g/mol. The van der Waals surface area contributed by atoms with Crippen molar-refractivity contribution in [2.75, 3.05) is 6.61 Å². The fourth-order valence-electron chi connectivity index (χ4n) is 4.34. The molecule has 0 atom stereocenters. The first kappa shape index (κ1) is 27.9. The van der Waals surface area contributed by atoms with Crippen molar-refractivity contribution < 1.29 is 14.3 Å². The third kappa shape index (κ3) is 6.39. The molecule has 204 valence electrons. The van der Waals surface area contributed by atoms with Crippen LogP contribution in [-0.2, 0) is 11.4 Å². The number of hydrogen-bond acceptors (Lipinski definition) is 5. The van der Waals surface area contributed by atoms with E-state index >= 15 is 0 Å². The second-order valence-corrected chi connectivity index (χ2v) is 11.0. The van der Waals surface area contributed by atoms with Gasteiger partial charge in [-0.05, 0) is 111 Å². The van der Waals surface area contributed by atoms with E-state index < -0.39 is 0 Å². The Bertz CT molecular complexity index is 1610. The van der Waals surface area contributed by atoms with E-state index in [-0.39, 0.29) is 5.91 Å². The molecule has 40 heavy (non-hydrogen) atoms. The van der Waals surface area contributed by atoms with E-state index in [0.717, 1.165) is 45.4 Å². The van der Waals surface area contributed by atoms with E-state index in [0.29, 0.717) is 33.3 Å². The molecule has 2 heterocycles. The number of nitrogens with zero attached hydrogens (tertiary/aromatic N) is 2. The number of ether oxygens (including phenoxy) is 2. The molecule has 1 amide bonds. The van der Waals surface area contributed by atoms with Gasteiger partial charge in [0.2, 0.25) is 0 Å². The molecule has 1 saturated heterocycles. The van der Waals surface area contributed by atoms with Gasteiger partial charge >= 0.3 is 0 Å². The van der Waals surface area contributed by atoms with Gasteiger partial charge in [-0.2, -0.15) is 0 Å². The molecule has 0 unspecified atom stereocenters. The van der Waals surface area contributed by atoms with E-state index in [1.54, 1.807) is 12.1 Å². The van der Waals surface area contributed by atoms with Crippen molar-refractivity contribution in [1.82, 2.24) is 9.88 Å². The third-order valence-corrected chi connectivity index (χ3v) is 7.79. The lowest BCUT2D eigenvalue weighted by Crippen LogP contribution is -2.19. The van der Waals surface area contributed by atoms with Crippen LogP contribution >= 0.6 is 35.0 Å². The molecular formula is C31H27Cl2N3O3S. The van der Waals surface area contributed by atoms with Crippen LogP contribution in [0.2, 0.25) is 10.0 Å². The fraction of sp³-hybridized carbons (Fsp3) is 0.161. The summed E-state index contributed by atoms with van der Waals surface area (Å²) in [6.07, 6.45) is 1.91. The van der Waals surface area contributed by atoms with Crippen molar-refractivity contribution in [3.05, 3.63) is 110 Å². The summed E-state index contributed by atoms with van der Waals surface area (Å²) in [5.74, 6) is 1.36. The summed E-state index contributed by atoms with van der Waals surface area (Å²) >= 11 is 13.6. The number of amidine groups is 1. The number of amides is 1. The SMILES string of the molecule is CCOc1ccc(N=C2NC(=O)/C(=C\c3cc(C)n(-c4ccc(OCc5ccc(Cl)cc5Cl)cc4)c3C)S2)cc1. The van der Waals surface area contributed by atoms with Crippen LogP contribution < -0.4 is 14.8 Å². The van der Waals surface area contributed by atoms with Gasteiger partial charge in [-0.25, -0.2) is 4.99 Å². The highest BCUT2D eigenvalue weighted by atomic mass is 35.5. The molecule has 1 N–H and O–H groups in total. The number of halogens is 2. The van der Waals surface area contributed by atoms with Crippen molar-refractivity contribution in [1.29, 1.82) is 0 Å². The zero-order valence-electron chi connectivity index (χ0n) is 22.2. The molecule has 1 aromatic heterocycles. The molecule has 6 nitrogen and oxygen atoms in total. The smallest absolute Gasteiger partial charge is 0.264 e. The zero-order chi connectivity index (χ0) is 28.2. The van der Waals surface area contributed by atoms with E-state index in [1.807, 2.05) is 81.4 Å². The Morgan fingerprint density at radius 1 is 0.950 bits per heavy atom. The van der Waals surface area contributed by atoms with Gasteiger partial charge in [-0.15, -0.1) is 0 Å². The highest BCUT2D eigenvalue weighted by Gasteiger charge is 2.24. The molecule has 1 fully saturated rings. The van der Waals surface area contributed by atoms with E-state index in [1.165, 1.54) is 11.8 Å². The van der Waals surface area contributed by atoms with E-state index in [2.05, 4.69) is 20.9 Å². The zero-order valence-corrected chi connectivity index (χ0v) is 24.5. The number of aromatic nitrogens is 1. The van der Waals surface area contributed by atoms with Crippen LogP contribution in [0.3, 0.4) is 0 Å². The molecule has 0 bridgehead atoms. The quantitative estimate of drug-likeness (QED) is 0.209. The normalized spacial score (nSPS) is 15.1. The van der Waals surface area contributed by atoms with Gasteiger partial charge in [-0.1, -0.05) is 29.3 Å². The number of nitrogens with one attached hydrogen (secondary N) is 1. The molecule has 4 aromatic rings. The van der Waals surface area contributed by atoms with Crippen LogP contribution in [0.4, 0.5) is 5.69 Å². The van der Waals surface area contributed by atoms with Crippen LogP contribution in [-0.4, -0.2) is 22.2 Å². The minimum atomic E-state index is -0.165. The Balaban J connectivity index is 1.29. The minimum absolute atomic E-state index is 0.165. The molecule has 1 aliphatic rings. The van der Waals surface area contributed by atoms with Gasteiger partial charge in [0.25, 0.3) is 5.91 Å². The summed E-state index contributed by atoms with van der Waals surface area (Å²) in [5.41, 5.74) is 5.66. The van der Waals surface area contributed by atoms with Gasteiger partial charge in [0.05, 0.1) is 17.2 Å². The van der Waals surface area contributed by atoms with Crippen molar-refractivity contribution in [3.8, 4) is 17.2 Å². The summed E-state index contributed by atoms with van der Waals surface area (Å²) in [7, 11) is 0. The lowest BCUT2D eigenvalue weighted by Gasteiger charge is -2.12. The second-order valence-electron chi connectivity index (χ2n) is 9.09. The van der Waals surface area contributed by atoms with Crippen molar-refractivity contribution >= 4 is 57.8 Å². The molecule has 0 aliphatic carbocycles. The maximum atomic E-state index is 12.7. The van der Waals surface area contributed by atoms with Crippen LogP contribution in [0.1, 0.15) is 29.4 Å². The Hall–Kier alpha value is -3.65. The van der Waals surface area contributed by atoms with Crippen molar-refractivity contribution in [2.45, 2.75) is 27.4 Å². The standard InChI is InChI=1S/C31H27Cl2N3O3S/c1-4-38-26-11-7-24(8-12-26)34-31-35-30(37)29(40-31)16-22-15-19(2)36(20(22)3)25-9-13-27(14-10-25)39-18-21-5-6-23(32)17-28(21)33/h5-17H,4,18H2,1-3H3,(H,34,35,37)/b29-16+. The van der Waals surface area contributed by atoms with Gasteiger partial charge in [0, 0.05) is 32.7 Å². The molecule has 0 radical (unpaired) electrons. The first-order valence-electron chi connectivity index (χ1n) is 12.7. The lowest BCUT2D eigenvalue weighted by molar-refractivity contribution is -0.115. The highest BCUT2D eigenvalue weighted by Crippen LogP contribution is 2.31. The van der Waals surface area contributed by atoms with E-state index in [4.69, 9.17) is 32.7 Å². The molecule has 1 aliphatic heterocycles. The lowest BCUT2D eigenvalue weighted by atomic mass is 10.2. The Morgan fingerprint density at radius 3 is 2.35 bits per heavy atom. The molecule has 0 saturated carbocycles. The van der Waals surface area contributed by atoms with Gasteiger partial charge in [-0.3, -0.25) is 4.79 Å². The Labute approximate surface area is 247 Å². The van der Waals surface area contributed by atoms with Crippen LogP contribution in [0.5, 0.6) is 11.5 Å². The van der Waals surface area contributed by atoms with Crippen molar-refractivity contribution in [3.63, 3.8) is 0 Å². The molecule has 5 rings (SSSR count). The number of benzene rings is 3. The Morgan fingerprint density at radius 2 is 1.65 bits per heavy atom. The second kappa shape index (κ2) is 12.3. The van der Waals surface area contributed by atoms with E-state index in [9.17, 15) is 4.79 Å². The number of hydrogen-bond donors (Lipinski definition) is 1. The van der Waals surface area contributed by atoms with Gasteiger partial charge in [0.15, 0.2) is 5.17 Å². The summed E-state index contributed by atoms with van der Waals surface area (Å²) in [6.45, 7) is 6.98. The number of carbonyl (C=O) groups excluding carboxylic acids is 1. The first-order chi connectivity index (χ1) is 19.3. The largest absolute Gasteiger partial charge is 0.494 e. The topological polar surface area (TPSA) is 64.8 Å². The molecule has 9 heteroatoms. The summed E-state index contributed by atoms with van der Waals surface area (Å²) in [6, 6.07) is 22.8. The van der Waals surface area contributed by atoms with Crippen molar-refractivity contribution in [2.24, 2.45) is 4.99 Å². The first-order valence-corrected chi connectivity index (χ1v) is 14.3. The average molecular weight is 593 g/mol.